The molecule has 1 heterocycles. The van der Waals surface area contributed by atoms with Crippen LogP contribution in [0.15, 0.2) is 0 Å². The Morgan fingerprint density at radius 2 is 2.36 bits per heavy atom. The Balaban J connectivity index is 2.47. The van der Waals surface area contributed by atoms with Gasteiger partial charge in [0.1, 0.15) is 0 Å². The van der Waals surface area contributed by atoms with Crippen LogP contribution in [0, 0.1) is 5.92 Å². The number of hydrogen-bond acceptors (Lipinski definition) is 3. The molecule has 0 saturated carbocycles. The summed E-state index contributed by atoms with van der Waals surface area (Å²) in [5.41, 5.74) is 0. The van der Waals surface area contributed by atoms with E-state index in [0.29, 0.717) is 0 Å². The van der Waals surface area contributed by atoms with Crippen molar-refractivity contribution in [3.8, 4) is 0 Å². The Kier molecular flexibility index (Phi) is 4.85. The fourth-order valence-electron chi connectivity index (χ4n) is 2.14. The van der Waals surface area contributed by atoms with Gasteiger partial charge in [0.15, 0.2) is 5.79 Å². The maximum Gasteiger partial charge on any atom is 0.169 e. The van der Waals surface area contributed by atoms with Crippen LogP contribution in [0.3, 0.4) is 0 Å². The zero-order valence-electron chi connectivity index (χ0n) is 9.38. The van der Waals surface area contributed by atoms with Crippen molar-refractivity contribution in [2.24, 2.45) is 5.92 Å². The molecule has 1 unspecified atom stereocenters. The summed E-state index contributed by atoms with van der Waals surface area (Å²) in [7, 11) is 1.62. The minimum absolute atomic E-state index is 0.257. The summed E-state index contributed by atoms with van der Waals surface area (Å²) < 4.78 is 5.29. The van der Waals surface area contributed by atoms with Crippen molar-refractivity contribution < 1.29 is 9.84 Å². The van der Waals surface area contributed by atoms with Crippen LogP contribution < -0.4 is 5.32 Å². The van der Waals surface area contributed by atoms with Gasteiger partial charge in [0.05, 0.1) is 0 Å². The van der Waals surface area contributed by atoms with Gasteiger partial charge in [-0.15, -0.1) is 0 Å². The van der Waals surface area contributed by atoms with Gasteiger partial charge in [0, 0.05) is 26.0 Å². The molecule has 14 heavy (non-hydrogen) atoms. The number of nitrogens with one attached hydrogen (secondary N) is 1. The highest BCUT2D eigenvalue weighted by atomic mass is 16.6. The molecule has 1 rings (SSSR count). The molecule has 84 valence electrons. The zero-order valence-corrected chi connectivity index (χ0v) is 9.38. The molecule has 0 spiro atoms. The molecule has 1 fully saturated rings. The molecule has 0 aromatic rings. The Labute approximate surface area is 86.8 Å². The lowest BCUT2D eigenvalue weighted by Crippen LogP contribution is -2.47. The number of aliphatic hydroxyl groups is 1. The van der Waals surface area contributed by atoms with Crippen LogP contribution in [0.1, 0.15) is 39.0 Å². The first-order valence-corrected chi connectivity index (χ1v) is 5.71. The minimum Gasteiger partial charge on any atom is -0.365 e. The van der Waals surface area contributed by atoms with Crippen LogP contribution in [0.5, 0.6) is 0 Å². The Hall–Kier alpha value is -0.120. The molecule has 2 atom stereocenters. The van der Waals surface area contributed by atoms with Crippen LogP contribution in [0.2, 0.25) is 0 Å². The first-order chi connectivity index (χ1) is 6.73. The highest BCUT2D eigenvalue weighted by molar-refractivity contribution is 4.82. The summed E-state index contributed by atoms with van der Waals surface area (Å²) in [4.78, 5) is 0. The zero-order chi connectivity index (χ0) is 10.4. The van der Waals surface area contributed by atoms with E-state index >= 15 is 0 Å². The third kappa shape index (κ3) is 2.94. The number of rotatable bonds is 5. The molecule has 0 aromatic carbocycles. The molecule has 0 amide bonds. The van der Waals surface area contributed by atoms with Crippen molar-refractivity contribution in [3.63, 3.8) is 0 Å². The van der Waals surface area contributed by atoms with Crippen LogP contribution in [0.25, 0.3) is 0 Å². The molecular formula is C11H23NO2. The van der Waals surface area contributed by atoms with E-state index in [4.69, 9.17) is 4.74 Å². The van der Waals surface area contributed by atoms with Gasteiger partial charge in [0.2, 0.25) is 0 Å². The SMILES string of the molecule is CCCC[C@](O)(OC)C1CCCNC1. The molecule has 1 aliphatic rings. The Morgan fingerprint density at radius 3 is 2.86 bits per heavy atom. The Morgan fingerprint density at radius 1 is 1.57 bits per heavy atom. The largest absolute Gasteiger partial charge is 0.365 e. The lowest BCUT2D eigenvalue weighted by atomic mass is 9.87. The van der Waals surface area contributed by atoms with E-state index in [1.54, 1.807) is 7.11 Å². The monoisotopic (exact) mass is 201 g/mol. The molecule has 0 bridgehead atoms. The predicted molar refractivity (Wildman–Crippen MR) is 57.1 cm³/mol. The van der Waals surface area contributed by atoms with Gasteiger partial charge in [-0.1, -0.05) is 13.3 Å². The molecular weight excluding hydrogens is 178 g/mol. The summed E-state index contributed by atoms with van der Waals surface area (Å²) >= 11 is 0. The fourth-order valence-corrected chi connectivity index (χ4v) is 2.14. The maximum atomic E-state index is 10.3. The summed E-state index contributed by atoms with van der Waals surface area (Å²) in [6.07, 6.45) is 5.10. The topological polar surface area (TPSA) is 41.5 Å². The second-order valence-electron chi connectivity index (χ2n) is 4.20. The van der Waals surface area contributed by atoms with E-state index in [1.165, 1.54) is 0 Å². The summed E-state index contributed by atoms with van der Waals surface area (Å²) in [5.74, 6) is -0.642. The summed E-state index contributed by atoms with van der Waals surface area (Å²) in [6, 6.07) is 0. The second-order valence-corrected chi connectivity index (χ2v) is 4.20. The predicted octanol–water partition coefficient (Wildman–Crippen LogP) is 1.51. The van der Waals surface area contributed by atoms with E-state index < -0.39 is 5.79 Å². The van der Waals surface area contributed by atoms with Crippen LogP contribution in [0.4, 0.5) is 0 Å². The third-order valence-corrected chi connectivity index (χ3v) is 3.18. The molecule has 2 N–H and O–H groups in total. The van der Waals surface area contributed by atoms with Crippen molar-refractivity contribution in [2.75, 3.05) is 20.2 Å². The van der Waals surface area contributed by atoms with Gasteiger partial charge < -0.3 is 15.2 Å². The molecule has 3 nitrogen and oxygen atoms in total. The van der Waals surface area contributed by atoms with Gasteiger partial charge in [-0.05, 0) is 25.8 Å². The molecule has 0 radical (unpaired) electrons. The molecule has 0 aromatic heterocycles. The second kappa shape index (κ2) is 5.69. The standard InChI is InChI=1S/C11H23NO2/c1-3-4-7-11(13,14-2)10-6-5-8-12-9-10/h10,12-13H,3-9H2,1-2H3/t10?,11-/m0/s1. The van der Waals surface area contributed by atoms with Gasteiger partial charge in [-0.3, -0.25) is 0 Å². The average Bonchev–Trinajstić information content (AvgIpc) is 2.27. The third-order valence-electron chi connectivity index (χ3n) is 3.18. The Bertz CT molecular complexity index is 157. The van der Waals surface area contributed by atoms with Crippen molar-refractivity contribution in [2.45, 2.75) is 44.8 Å². The molecule has 0 aliphatic carbocycles. The number of piperidine rings is 1. The lowest BCUT2D eigenvalue weighted by molar-refractivity contribution is -0.228. The van der Waals surface area contributed by atoms with Crippen LogP contribution in [-0.2, 0) is 4.74 Å². The van der Waals surface area contributed by atoms with E-state index in [1.807, 2.05) is 0 Å². The highest BCUT2D eigenvalue weighted by Gasteiger charge is 2.36. The minimum atomic E-state index is -0.899. The van der Waals surface area contributed by atoms with Crippen molar-refractivity contribution in [1.82, 2.24) is 5.32 Å². The van der Waals surface area contributed by atoms with Gasteiger partial charge in [-0.2, -0.15) is 0 Å². The van der Waals surface area contributed by atoms with Gasteiger partial charge >= 0.3 is 0 Å². The number of hydrogen-bond donors (Lipinski definition) is 2. The normalized spacial score (nSPS) is 27.2. The quantitative estimate of drug-likeness (QED) is 0.663. The first kappa shape index (κ1) is 12.0. The van der Waals surface area contributed by atoms with E-state index in [9.17, 15) is 5.11 Å². The van der Waals surface area contributed by atoms with Gasteiger partial charge in [-0.25, -0.2) is 0 Å². The number of ether oxygens (including phenoxy) is 1. The van der Waals surface area contributed by atoms with Gasteiger partial charge in [0.25, 0.3) is 0 Å². The number of methoxy groups -OCH3 is 1. The lowest BCUT2D eigenvalue weighted by Gasteiger charge is -2.37. The van der Waals surface area contributed by atoms with E-state index in [-0.39, 0.29) is 5.92 Å². The van der Waals surface area contributed by atoms with E-state index in [0.717, 1.165) is 45.2 Å². The van der Waals surface area contributed by atoms with E-state index in [2.05, 4.69) is 12.2 Å². The smallest absolute Gasteiger partial charge is 0.169 e. The first-order valence-electron chi connectivity index (χ1n) is 5.71. The summed E-state index contributed by atoms with van der Waals surface area (Å²) in [5, 5.41) is 13.6. The molecule has 1 aliphatic heterocycles. The van der Waals surface area contributed by atoms with Crippen LogP contribution in [-0.4, -0.2) is 31.1 Å². The maximum absolute atomic E-state index is 10.3. The average molecular weight is 201 g/mol. The van der Waals surface area contributed by atoms with Crippen molar-refractivity contribution in [3.05, 3.63) is 0 Å². The molecule has 1 saturated heterocycles. The highest BCUT2D eigenvalue weighted by Crippen LogP contribution is 2.29. The van der Waals surface area contributed by atoms with Crippen LogP contribution >= 0.6 is 0 Å². The summed E-state index contributed by atoms with van der Waals surface area (Å²) in [6.45, 7) is 4.09. The number of unbranched alkanes of at least 4 members (excludes halogenated alkanes) is 1. The van der Waals surface area contributed by atoms with Crippen molar-refractivity contribution >= 4 is 0 Å². The fraction of sp³-hybridized carbons (Fsp3) is 1.00. The van der Waals surface area contributed by atoms with Crippen molar-refractivity contribution in [1.29, 1.82) is 0 Å². The molecule has 3 heteroatoms.